The van der Waals surface area contributed by atoms with Gasteiger partial charge in [-0.1, -0.05) is 12.1 Å². The third-order valence-electron chi connectivity index (χ3n) is 2.65. The van der Waals surface area contributed by atoms with Crippen molar-refractivity contribution >= 4 is 23.5 Å². The van der Waals surface area contributed by atoms with Crippen LogP contribution in [0.15, 0.2) is 24.3 Å². The summed E-state index contributed by atoms with van der Waals surface area (Å²) in [5.41, 5.74) is 7.50. The van der Waals surface area contributed by atoms with Crippen LogP contribution >= 0.6 is 11.8 Å². The molecule has 5 heteroatoms. The zero-order chi connectivity index (χ0) is 11.5. The Morgan fingerprint density at radius 2 is 2.12 bits per heavy atom. The maximum Gasteiger partial charge on any atom is 0.407 e. The van der Waals surface area contributed by atoms with E-state index in [0.717, 1.165) is 17.0 Å². The van der Waals surface area contributed by atoms with Crippen molar-refractivity contribution < 1.29 is 9.90 Å². The van der Waals surface area contributed by atoms with Crippen molar-refractivity contribution in [3.63, 3.8) is 0 Å². The average Bonchev–Trinajstić information content (AvgIpc) is 2.30. The van der Waals surface area contributed by atoms with Crippen molar-refractivity contribution in [1.82, 2.24) is 4.90 Å². The molecule has 1 aliphatic rings. The van der Waals surface area contributed by atoms with Crippen molar-refractivity contribution in [2.24, 2.45) is 0 Å². The third kappa shape index (κ3) is 2.41. The Bertz CT molecular complexity index is 380. The van der Waals surface area contributed by atoms with E-state index in [9.17, 15) is 4.79 Å². The van der Waals surface area contributed by atoms with Gasteiger partial charge in [0.15, 0.2) is 0 Å². The van der Waals surface area contributed by atoms with Crippen molar-refractivity contribution in [2.45, 2.75) is 5.25 Å². The number of hydrogen-bond donors (Lipinski definition) is 2. The minimum Gasteiger partial charge on any atom is -0.465 e. The van der Waals surface area contributed by atoms with E-state index in [2.05, 4.69) is 0 Å². The van der Waals surface area contributed by atoms with E-state index in [4.69, 9.17) is 10.8 Å². The summed E-state index contributed by atoms with van der Waals surface area (Å²) >= 11 is 1.80. The van der Waals surface area contributed by atoms with Crippen LogP contribution in [0.2, 0.25) is 0 Å². The molecular weight excluding hydrogens is 224 g/mol. The highest BCUT2D eigenvalue weighted by Gasteiger charge is 2.24. The second kappa shape index (κ2) is 4.65. The molecule has 0 aromatic heterocycles. The van der Waals surface area contributed by atoms with Gasteiger partial charge in [-0.3, -0.25) is 0 Å². The summed E-state index contributed by atoms with van der Waals surface area (Å²) < 4.78 is 0. The van der Waals surface area contributed by atoms with Crippen LogP contribution in [0.5, 0.6) is 0 Å². The zero-order valence-electron chi connectivity index (χ0n) is 8.80. The Hall–Kier alpha value is -1.36. The van der Waals surface area contributed by atoms with Crippen molar-refractivity contribution in [3.8, 4) is 0 Å². The van der Waals surface area contributed by atoms with Crippen LogP contribution in [0.3, 0.4) is 0 Å². The van der Waals surface area contributed by atoms with Gasteiger partial charge in [-0.25, -0.2) is 4.79 Å². The minimum atomic E-state index is -0.833. The number of benzene rings is 1. The fraction of sp³-hybridized carbons (Fsp3) is 0.364. The van der Waals surface area contributed by atoms with Crippen LogP contribution in [0.4, 0.5) is 10.5 Å². The van der Waals surface area contributed by atoms with E-state index < -0.39 is 6.09 Å². The number of carboxylic acid groups (broad SMARTS) is 1. The molecule has 16 heavy (non-hydrogen) atoms. The molecule has 0 spiro atoms. The maximum atomic E-state index is 10.9. The fourth-order valence-electron chi connectivity index (χ4n) is 1.74. The largest absolute Gasteiger partial charge is 0.465 e. The van der Waals surface area contributed by atoms with Gasteiger partial charge in [-0.05, 0) is 17.7 Å². The number of anilines is 1. The minimum absolute atomic E-state index is 0.227. The highest BCUT2D eigenvalue weighted by atomic mass is 32.2. The second-order valence-corrected chi connectivity index (χ2v) is 5.07. The first-order chi connectivity index (χ1) is 7.66. The van der Waals surface area contributed by atoms with Gasteiger partial charge in [0.25, 0.3) is 0 Å². The average molecular weight is 238 g/mol. The highest BCUT2D eigenvalue weighted by molar-refractivity contribution is 7.99. The second-order valence-electron chi connectivity index (χ2n) is 3.75. The van der Waals surface area contributed by atoms with Crippen LogP contribution in [0.1, 0.15) is 10.8 Å². The molecule has 2 rings (SSSR count). The van der Waals surface area contributed by atoms with Gasteiger partial charge in [0, 0.05) is 29.8 Å². The normalized spacial score (nSPS) is 20.8. The van der Waals surface area contributed by atoms with Crippen LogP contribution in [-0.2, 0) is 0 Å². The molecule has 1 heterocycles. The summed E-state index contributed by atoms with van der Waals surface area (Å²) in [5.74, 6) is 0.849. The summed E-state index contributed by atoms with van der Waals surface area (Å²) in [6.45, 7) is 1.18. The Morgan fingerprint density at radius 3 is 2.75 bits per heavy atom. The number of carbonyl (C=O) groups is 1. The predicted octanol–water partition coefficient (Wildman–Crippen LogP) is 2.04. The van der Waals surface area contributed by atoms with E-state index in [0.29, 0.717) is 13.1 Å². The molecule has 1 amide bonds. The molecule has 1 aromatic rings. The molecule has 1 saturated heterocycles. The van der Waals surface area contributed by atoms with E-state index in [1.807, 2.05) is 24.3 Å². The first kappa shape index (κ1) is 11.1. The molecule has 3 N–H and O–H groups in total. The van der Waals surface area contributed by atoms with Gasteiger partial charge >= 0.3 is 6.09 Å². The summed E-state index contributed by atoms with van der Waals surface area (Å²) in [4.78, 5) is 12.4. The number of amides is 1. The topological polar surface area (TPSA) is 66.6 Å². The Balaban J connectivity index is 2.09. The van der Waals surface area contributed by atoms with Gasteiger partial charge in [-0.15, -0.1) is 0 Å². The lowest BCUT2D eigenvalue weighted by molar-refractivity contribution is 0.147. The number of rotatable bonds is 1. The smallest absolute Gasteiger partial charge is 0.407 e. The summed E-state index contributed by atoms with van der Waals surface area (Å²) in [5, 5.41) is 9.17. The Labute approximate surface area is 98.4 Å². The van der Waals surface area contributed by atoms with Gasteiger partial charge < -0.3 is 15.7 Å². The van der Waals surface area contributed by atoms with Crippen molar-refractivity contribution in [3.05, 3.63) is 29.8 Å². The first-order valence-corrected chi connectivity index (χ1v) is 6.16. The standard InChI is InChI=1S/C11H14N2O2S/c12-9-3-1-8(2-4-9)10-7-13(11(14)15)5-6-16-10/h1-4,10H,5-7,12H2,(H,14,15). The van der Waals surface area contributed by atoms with Crippen LogP contribution < -0.4 is 5.73 Å². The lowest BCUT2D eigenvalue weighted by Crippen LogP contribution is -2.38. The zero-order valence-corrected chi connectivity index (χ0v) is 9.61. The van der Waals surface area contributed by atoms with Gasteiger partial charge in [0.2, 0.25) is 0 Å². The molecule has 0 saturated carbocycles. The molecule has 0 radical (unpaired) electrons. The third-order valence-corrected chi connectivity index (χ3v) is 3.89. The summed E-state index contributed by atoms with van der Waals surface area (Å²) in [6.07, 6.45) is -0.833. The Morgan fingerprint density at radius 1 is 1.44 bits per heavy atom. The fourth-order valence-corrected chi connectivity index (χ4v) is 2.98. The van der Waals surface area contributed by atoms with Crippen molar-refractivity contribution in [1.29, 1.82) is 0 Å². The first-order valence-electron chi connectivity index (χ1n) is 5.12. The van der Waals surface area contributed by atoms with Crippen LogP contribution in [0, 0.1) is 0 Å². The molecule has 4 nitrogen and oxygen atoms in total. The molecule has 0 aliphatic carbocycles. The molecule has 86 valence electrons. The highest BCUT2D eigenvalue weighted by Crippen LogP contribution is 2.33. The number of nitrogens with two attached hydrogens (primary N) is 1. The monoisotopic (exact) mass is 238 g/mol. The molecule has 1 aliphatic heterocycles. The quantitative estimate of drug-likeness (QED) is 0.735. The summed E-state index contributed by atoms with van der Waals surface area (Å²) in [6, 6.07) is 7.65. The van der Waals surface area contributed by atoms with E-state index in [1.165, 1.54) is 4.90 Å². The predicted molar refractivity (Wildman–Crippen MR) is 65.7 cm³/mol. The van der Waals surface area contributed by atoms with E-state index in [1.54, 1.807) is 11.8 Å². The lowest BCUT2D eigenvalue weighted by Gasteiger charge is -2.30. The molecule has 1 atom stereocenters. The van der Waals surface area contributed by atoms with Gasteiger partial charge in [0.1, 0.15) is 0 Å². The van der Waals surface area contributed by atoms with E-state index in [-0.39, 0.29) is 5.25 Å². The number of thioether (sulfide) groups is 1. The van der Waals surface area contributed by atoms with E-state index >= 15 is 0 Å². The van der Waals surface area contributed by atoms with Crippen LogP contribution in [-0.4, -0.2) is 34.9 Å². The summed E-state index contributed by atoms with van der Waals surface area (Å²) in [7, 11) is 0. The molecule has 1 aromatic carbocycles. The molecule has 1 unspecified atom stereocenters. The Kier molecular flexibility index (Phi) is 3.24. The van der Waals surface area contributed by atoms with Gasteiger partial charge in [-0.2, -0.15) is 11.8 Å². The number of nitrogens with zero attached hydrogens (tertiary/aromatic N) is 1. The molecule has 0 bridgehead atoms. The number of nitrogen functional groups attached to an aromatic ring is 1. The van der Waals surface area contributed by atoms with Crippen LogP contribution in [0.25, 0.3) is 0 Å². The van der Waals surface area contributed by atoms with Crippen molar-refractivity contribution in [2.75, 3.05) is 24.6 Å². The molecular formula is C11H14N2O2S. The SMILES string of the molecule is Nc1ccc(C2CN(C(=O)O)CCS2)cc1. The maximum absolute atomic E-state index is 10.9. The lowest BCUT2D eigenvalue weighted by atomic mass is 10.1. The number of hydrogen-bond acceptors (Lipinski definition) is 3. The van der Waals surface area contributed by atoms with Gasteiger partial charge in [0.05, 0.1) is 0 Å². The molecule has 1 fully saturated rings.